The third kappa shape index (κ3) is 2.35. The van der Waals surface area contributed by atoms with Gasteiger partial charge < -0.3 is 14.6 Å². The molecule has 1 N–H and O–H groups in total. The Labute approximate surface area is 95.4 Å². The van der Waals surface area contributed by atoms with Gasteiger partial charge in [-0.25, -0.2) is 0 Å². The fourth-order valence-corrected chi connectivity index (χ4v) is 1.94. The van der Waals surface area contributed by atoms with Crippen LogP contribution in [-0.2, 0) is 4.74 Å². The summed E-state index contributed by atoms with van der Waals surface area (Å²) in [5.74, 6) is 0.843. The molecular formula is C12H17NO3. The minimum absolute atomic E-state index is 0.0296. The Balaban J connectivity index is 2.09. The zero-order chi connectivity index (χ0) is 11.4. The molecule has 4 heteroatoms. The van der Waals surface area contributed by atoms with E-state index in [0.717, 1.165) is 24.5 Å². The van der Waals surface area contributed by atoms with Crippen LogP contribution in [-0.4, -0.2) is 43.4 Å². The molecule has 0 aliphatic carbocycles. The van der Waals surface area contributed by atoms with Crippen molar-refractivity contribution in [2.75, 3.05) is 33.4 Å². The fourth-order valence-electron chi connectivity index (χ4n) is 1.94. The zero-order valence-corrected chi connectivity index (χ0v) is 9.43. The monoisotopic (exact) mass is 223 g/mol. The predicted octanol–water partition coefficient (Wildman–Crippen LogP) is 1.02. The first kappa shape index (κ1) is 11.4. The number of ether oxygens (including phenoxy) is 2. The highest BCUT2D eigenvalue weighted by Crippen LogP contribution is 2.27. The molecule has 0 aromatic heterocycles. The summed E-state index contributed by atoms with van der Waals surface area (Å²) < 4.78 is 10.8. The highest BCUT2D eigenvalue weighted by Gasteiger charge is 2.25. The van der Waals surface area contributed by atoms with Crippen LogP contribution in [0, 0.1) is 0 Å². The maximum atomic E-state index is 8.96. The normalized spacial score (nSPS) is 21.2. The van der Waals surface area contributed by atoms with Gasteiger partial charge in [0.25, 0.3) is 0 Å². The molecule has 2 rings (SSSR count). The van der Waals surface area contributed by atoms with Gasteiger partial charge in [0.05, 0.1) is 20.3 Å². The highest BCUT2D eigenvalue weighted by molar-refractivity contribution is 5.28. The van der Waals surface area contributed by atoms with Gasteiger partial charge in [0, 0.05) is 13.1 Å². The lowest BCUT2D eigenvalue weighted by Gasteiger charge is -2.22. The van der Waals surface area contributed by atoms with Crippen molar-refractivity contribution in [3.05, 3.63) is 29.8 Å². The Hall–Kier alpha value is -1.10. The second kappa shape index (κ2) is 5.30. The van der Waals surface area contributed by atoms with Crippen LogP contribution in [0.1, 0.15) is 11.8 Å². The van der Waals surface area contributed by atoms with Gasteiger partial charge in [-0.1, -0.05) is 12.1 Å². The Morgan fingerprint density at radius 1 is 1.44 bits per heavy atom. The minimum Gasteiger partial charge on any atom is -0.497 e. The van der Waals surface area contributed by atoms with E-state index in [1.54, 1.807) is 7.11 Å². The lowest BCUT2D eigenvalue weighted by molar-refractivity contribution is 0.0252. The molecule has 1 unspecified atom stereocenters. The first-order chi connectivity index (χ1) is 7.85. The second-order valence-electron chi connectivity index (χ2n) is 3.76. The van der Waals surface area contributed by atoms with E-state index in [0.29, 0.717) is 6.54 Å². The average Bonchev–Trinajstić information content (AvgIpc) is 2.78. The van der Waals surface area contributed by atoms with Gasteiger partial charge in [-0.2, -0.15) is 0 Å². The van der Waals surface area contributed by atoms with Gasteiger partial charge in [-0.05, 0) is 17.7 Å². The van der Waals surface area contributed by atoms with E-state index in [9.17, 15) is 0 Å². The maximum absolute atomic E-state index is 8.96. The van der Waals surface area contributed by atoms with E-state index in [2.05, 4.69) is 4.90 Å². The number of β-amino-alcohol motifs (C(OH)–C–C–N with tert-alkyl or cyclic N) is 1. The smallest absolute Gasteiger partial charge is 0.137 e. The van der Waals surface area contributed by atoms with Gasteiger partial charge in [0.2, 0.25) is 0 Å². The molecule has 0 bridgehead atoms. The summed E-state index contributed by atoms with van der Waals surface area (Å²) in [4.78, 5) is 2.13. The number of hydrogen-bond acceptors (Lipinski definition) is 4. The van der Waals surface area contributed by atoms with Gasteiger partial charge >= 0.3 is 0 Å². The third-order valence-electron chi connectivity index (χ3n) is 2.77. The molecule has 1 aliphatic rings. The van der Waals surface area contributed by atoms with Crippen LogP contribution >= 0.6 is 0 Å². The predicted molar refractivity (Wildman–Crippen MR) is 60.3 cm³/mol. The molecule has 1 heterocycles. The Kier molecular flexibility index (Phi) is 3.77. The highest BCUT2D eigenvalue weighted by atomic mass is 16.5. The number of nitrogens with zero attached hydrogens (tertiary/aromatic N) is 1. The number of aliphatic hydroxyl groups excluding tert-OH is 1. The molecule has 0 spiro atoms. The molecule has 1 aromatic rings. The standard InChI is InChI=1S/C12H17NO3/c1-15-11-4-2-10(3-5-11)12-13(6-8-14)7-9-16-12/h2-5,12,14H,6-9H2,1H3. The third-order valence-corrected chi connectivity index (χ3v) is 2.77. The molecular weight excluding hydrogens is 206 g/mol. The van der Waals surface area contributed by atoms with Crippen molar-refractivity contribution in [3.8, 4) is 5.75 Å². The summed E-state index contributed by atoms with van der Waals surface area (Å²) >= 11 is 0. The molecule has 0 amide bonds. The fraction of sp³-hybridized carbons (Fsp3) is 0.500. The first-order valence-corrected chi connectivity index (χ1v) is 5.45. The quantitative estimate of drug-likeness (QED) is 0.827. The number of hydrogen-bond donors (Lipinski definition) is 1. The minimum atomic E-state index is -0.0296. The van der Waals surface area contributed by atoms with Gasteiger partial charge in [-0.15, -0.1) is 0 Å². The topological polar surface area (TPSA) is 41.9 Å². The van der Waals surface area contributed by atoms with Crippen LogP contribution in [0.4, 0.5) is 0 Å². The summed E-state index contributed by atoms with van der Waals surface area (Å²) in [6, 6.07) is 7.85. The van der Waals surface area contributed by atoms with Crippen LogP contribution in [0.3, 0.4) is 0 Å². The molecule has 1 aliphatic heterocycles. The van der Waals surface area contributed by atoms with E-state index in [1.807, 2.05) is 24.3 Å². The summed E-state index contributed by atoms with van der Waals surface area (Å²) in [6.07, 6.45) is -0.0296. The van der Waals surface area contributed by atoms with Crippen LogP contribution in [0.15, 0.2) is 24.3 Å². The van der Waals surface area contributed by atoms with Crippen molar-refractivity contribution < 1.29 is 14.6 Å². The molecule has 88 valence electrons. The molecule has 16 heavy (non-hydrogen) atoms. The molecule has 1 aromatic carbocycles. The van der Waals surface area contributed by atoms with Gasteiger partial charge in [0.15, 0.2) is 0 Å². The molecule has 1 atom stereocenters. The Bertz CT molecular complexity index is 326. The molecule has 0 saturated carbocycles. The Morgan fingerprint density at radius 2 is 2.19 bits per heavy atom. The van der Waals surface area contributed by atoms with Crippen molar-refractivity contribution in [2.45, 2.75) is 6.23 Å². The molecule has 1 saturated heterocycles. The second-order valence-corrected chi connectivity index (χ2v) is 3.76. The molecule has 1 fully saturated rings. The molecule has 4 nitrogen and oxygen atoms in total. The Morgan fingerprint density at radius 3 is 2.81 bits per heavy atom. The summed E-state index contributed by atoms with van der Waals surface area (Å²) in [5.41, 5.74) is 1.10. The number of benzene rings is 1. The number of rotatable bonds is 4. The van der Waals surface area contributed by atoms with Crippen molar-refractivity contribution >= 4 is 0 Å². The number of aliphatic hydroxyl groups is 1. The van der Waals surface area contributed by atoms with Crippen molar-refractivity contribution in [1.82, 2.24) is 4.90 Å². The van der Waals surface area contributed by atoms with E-state index in [1.165, 1.54) is 0 Å². The van der Waals surface area contributed by atoms with Crippen LogP contribution < -0.4 is 4.74 Å². The average molecular weight is 223 g/mol. The van der Waals surface area contributed by atoms with Crippen LogP contribution in [0.2, 0.25) is 0 Å². The summed E-state index contributed by atoms with van der Waals surface area (Å²) in [7, 11) is 1.65. The van der Waals surface area contributed by atoms with Gasteiger partial charge in [0.1, 0.15) is 12.0 Å². The van der Waals surface area contributed by atoms with Crippen molar-refractivity contribution in [3.63, 3.8) is 0 Å². The maximum Gasteiger partial charge on any atom is 0.137 e. The SMILES string of the molecule is COc1ccc(C2OCCN2CCO)cc1. The van der Waals surface area contributed by atoms with Crippen LogP contribution in [0.25, 0.3) is 0 Å². The van der Waals surface area contributed by atoms with Crippen molar-refractivity contribution in [2.24, 2.45) is 0 Å². The van der Waals surface area contributed by atoms with E-state index in [4.69, 9.17) is 14.6 Å². The first-order valence-electron chi connectivity index (χ1n) is 5.45. The molecule has 0 radical (unpaired) electrons. The van der Waals surface area contributed by atoms with E-state index >= 15 is 0 Å². The lowest BCUT2D eigenvalue weighted by Crippen LogP contribution is -2.27. The summed E-state index contributed by atoms with van der Waals surface area (Å²) in [5, 5.41) is 8.96. The van der Waals surface area contributed by atoms with Crippen LogP contribution in [0.5, 0.6) is 5.75 Å². The zero-order valence-electron chi connectivity index (χ0n) is 9.43. The summed E-state index contributed by atoms with van der Waals surface area (Å²) in [6.45, 7) is 2.40. The van der Waals surface area contributed by atoms with E-state index < -0.39 is 0 Å². The largest absolute Gasteiger partial charge is 0.497 e. The van der Waals surface area contributed by atoms with E-state index in [-0.39, 0.29) is 12.8 Å². The lowest BCUT2D eigenvalue weighted by atomic mass is 10.2. The van der Waals surface area contributed by atoms with Crippen molar-refractivity contribution in [1.29, 1.82) is 0 Å². The van der Waals surface area contributed by atoms with Gasteiger partial charge in [-0.3, -0.25) is 4.90 Å². The number of methoxy groups -OCH3 is 1.